The van der Waals surface area contributed by atoms with Crippen molar-refractivity contribution in [2.45, 2.75) is 70.1 Å². The second-order valence-corrected chi connectivity index (χ2v) is 9.46. The van der Waals surface area contributed by atoms with Crippen LogP contribution in [0.5, 0.6) is 5.75 Å². The van der Waals surface area contributed by atoms with Gasteiger partial charge in [0.15, 0.2) is 0 Å². The van der Waals surface area contributed by atoms with Crippen molar-refractivity contribution in [2.75, 3.05) is 12.3 Å². The number of benzene rings is 1. The fourth-order valence-corrected chi connectivity index (χ4v) is 3.71. The number of hydrogen-bond donors (Lipinski definition) is 8. The lowest BCUT2D eigenvalue weighted by Gasteiger charge is -2.25. The predicted molar refractivity (Wildman–Crippen MR) is 139 cm³/mol. The second kappa shape index (κ2) is 16.0. The Balaban J connectivity index is 3.10. The van der Waals surface area contributed by atoms with Gasteiger partial charge in [0.1, 0.15) is 23.9 Å². The Kier molecular flexibility index (Phi) is 13.9. The van der Waals surface area contributed by atoms with E-state index in [9.17, 15) is 29.4 Å². The van der Waals surface area contributed by atoms with Gasteiger partial charge in [-0.2, -0.15) is 12.6 Å². The van der Waals surface area contributed by atoms with Gasteiger partial charge in [-0.25, -0.2) is 4.79 Å². The Hall–Kier alpha value is -2.83. The summed E-state index contributed by atoms with van der Waals surface area (Å²) in [5.74, 6) is -2.99. The summed E-state index contributed by atoms with van der Waals surface area (Å²) in [6, 6.07) is 1.88. The third-order valence-corrected chi connectivity index (χ3v) is 5.81. The van der Waals surface area contributed by atoms with Crippen molar-refractivity contribution in [3.63, 3.8) is 0 Å². The van der Waals surface area contributed by atoms with Crippen LogP contribution in [0, 0.1) is 5.92 Å². The highest BCUT2D eigenvalue weighted by Gasteiger charge is 2.30. The molecule has 0 spiro atoms. The first kappa shape index (κ1) is 31.2. The largest absolute Gasteiger partial charge is 0.508 e. The highest BCUT2D eigenvalue weighted by atomic mass is 32.1. The molecule has 0 aliphatic heterocycles. The van der Waals surface area contributed by atoms with Crippen molar-refractivity contribution < 1.29 is 29.4 Å². The van der Waals surface area contributed by atoms with Crippen LogP contribution >= 0.6 is 12.6 Å². The third kappa shape index (κ3) is 11.3. The molecule has 0 radical (unpaired) electrons. The molecule has 0 fully saturated rings. The number of carbonyl (C=O) groups excluding carboxylic acids is 3. The van der Waals surface area contributed by atoms with E-state index >= 15 is 0 Å². The van der Waals surface area contributed by atoms with Crippen LogP contribution in [0.3, 0.4) is 0 Å². The minimum absolute atomic E-state index is 0.0209. The SMILES string of the molecule is CC(C)CC(N)C(=O)NC(CCCCN)C(=O)NC(Cc1ccc(O)cc1)C(=O)NC(CS)C(=O)O. The van der Waals surface area contributed by atoms with Crippen molar-refractivity contribution in [2.24, 2.45) is 17.4 Å². The molecule has 0 aliphatic rings. The molecule has 1 aromatic carbocycles. The summed E-state index contributed by atoms with van der Waals surface area (Å²) in [4.78, 5) is 50.2. The van der Waals surface area contributed by atoms with E-state index in [0.717, 1.165) is 0 Å². The number of hydrogen-bond acceptors (Lipinski definition) is 8. The molecule has 202 valence electrons. The van der Waals surface area contributed by atoms with E-state index in [1.165, 1.54) is 12.1 Å². The fraction of sp³-hybridized carbons (Fsp3) is 0.583. The fourth-order valence-electron chi connectivity index (χ4n) is 3.46. The summed E-state index contributed by atoms with van der Waals surface area (Å²) < 4.78 is 0. The van der Waals surface area contributed by atoms with Gasteiger partial charge in [0.05, 0.1) is 6.04 Å². The molecule has 0 bridgehead atoms. The van der Waals surface area contributed by atoms with Gasteiger partial charge in [0, 0.05) is 12.2 Å². The van der Waals surface area contributed by atoms with Crippen LogP contribution in [0.15, 0.2) is 24.3 Å². The molecular formula is C24H39N5O6S. The summed E-state index contributed by atoms with van der Waals surface area (Å²) in [7, 11) is 0. The zero-order valence-corrected chi connectivity index (χ0v) is 21.7. The van der Waals surface area contributed by atoms with Gasteiger partial charge in [-0.3, -0.25) is 14.4 Å². The second-order valence-electron chi connectivity index (χ2n) is 9.10. The van der Waals surface area contributed by atoms with Gasteiger partial charge < -0.3 is 37.6 Å². The monoisotopic (exact) mass is 525 g/mol. The molecule has 0 saturated carbocycles. The quantitative estimate of drug-likeness (QED) is 0.108. The highest BCUT2D eigenvalue weighted by molar-refractivity contribution is 7.80. The molecule has 4 atom stereocenters. The molecule has 4 unspecified atom stereocenters. The highest BCUT2D eigenvalue weighted by Crippen LogP contribution is 2.12. The predicted octanol–water partition coefficient (Wildman–Crippen LogP) is -0.0941. The van der Waals surface area contributed by atoms with Crippen molar-refractivity contribution in [3.8, 4) is 5.75 Å². The van der Waals surface area contributed by atoms with E-state index in [4.69, 9.17) is 11.5 Å². The number of nitrogens with two attached hydrogens (primary N) is 2. The van der Waals surface area contributed by atoms with E-state index in [-0.39, 0.29) is 30.3 Å². The molecular weight excluding hydrogens is 486 g/mol. The minimum Gasteiger partial charge on any atom is -0.508 e. The van der Waals surface area contributed by atoms with Crippen molar-refractivity contribution >= 4 is 36.3 Å². The van der Waals surface area contributed by atoms with Gasteiger partial charge >= 0.3 is 5.97 Å². The molecule has 36 heavy (non-hydrogen) atoms. The lowest BCUT2D eigenvalue weighted by atomic mass is 10.0. The average molecular weight is 526 g/mol. The molecule has 12 heteroatoms. The van der Waals surface area contributed by atoms with E-state index in [1.54, 1.807) is 12.1 Å². The first-order valence-electron chi connectivity index (χ1n) is 12.0. The van der Waals surface area contributed by atoms with E-state index in [1.807, 2.05) is 13.8 Å². The standard InChI is InChI=1S/C24H39N5O6S/c1-14(2)11-17(26)21(31)27-18(5-3-4-10-25)22(32)28-19(12-15-6-8-16(30)9-7-15)23(33)29-20(13-36)24(34)35/h6-9,14,17-20,30,36H,3-5,10-13,25-26H2,1-2H3,(H,27,31)(H,28,32)(H,29,33)(H,34,35). The van der Waals surface area contributed by atoms with Crippen LogP contribution in [0.1, 0.15) is 45.1 Å². The molecule has 0 heterocycles. The number of carbonyl (C=O) groups is 4. The summed E-state index contributed by atoms with van der Waals surface area (Å²) >= 11 is 3.96. The maximum atomic E-state index is 13.2. The average Bonchev–Trinajstić information content (AvgIpc) is 2.81. The minimum atomic E-state index is -1.26. The smallest absolute Gasteiger partial charge is 0.327 e. The molecule has 0 aliphatic carbocycles. The summed E-state index contributed by atoms with van der Waals surface area (Å²) in [5.41, 5.74) is 12.2. The Morgan fingerprint density at radius 1 is 0.917 bits per heavy atom. The summed E-state index contributed by atoms with van der Waals surface area (Å²) in [6.45, 7) is 4.28. The Bertz CT molecular complexity index is 867. The first-order valence-corrected chi connectivity index (χ1v) is 12.6. The lowest BCUT2D eigenvalue weighted by molar-refractivity contribution is -0.141. The molecule has 9 N–H and O–H groups in total. The number of thiol groups is 1. The number of phenolic OH excluding ortho intramolecular Hbond substituents is 1. The molecule has 3 amide bonds. The third-order valence-electron chi connectivity index (χ3n) is 5.45. The maximum Gasteiger partial charge on any atom is 0.327 e. The number of aromatic hydroxyl groups is 1. The molecule has 0 aromatic heterocycles. The number of rotatable bonds is 16. The number of carboxylic acids is 1. The number of amides is 3. The van der Waals surface area contributed by atoms with E-state index in [0.29, 0.717) is 31.4 Å². The van der Waals surface area contributed by atoms with Crippen molar-refractivity contribution in [1.29, 1.82) is 0 Å². The summed E-state index contributed by atoms with van der Waals surface area (Å²) in [5, 5.41) is 26.5. The van der Waals surface area contributed by atoms with Gasteiger partial charge in [0.25, 0.3) is 0 Å². The topological polar surface area (TPSA) is 197 Å². The Labute approximate surface area is 217 Å². The Morgan fingerprint density at radius 2 is 1.47 bits per heavy atom. The van der Waals surface area contributed by atoms with Gasteiger partial charge in [-0.15, -0.1) is 0 Å². The normalized spacial score (nSPS) is 14.4. The van der Waals surface area contributed by atoms with Gasteiger partial charge in [-0.05, 0) is 55.8 Å². The van der Waals surface area contributed by atoms with Crippen LogP contribution < -0.4 is 27.4 Å². The lowest BCUT2D eigenvalue weighted by Crippen LogP contribution is -2.57. The van der Waals surface area contributed by atoms with E-state index in [2.05, 4.69) is 28.6 Å². The van der Waals surface area contributed by atoms with Crippen LogP contribution in [0.2, 0.25) is 0 Å². The number of aliphatic carboxylic acids is 1. The number of unbranched alkanes of at least 4 members (excludes halogenated alkanes) is 1. The van der Waals surface area contributed by atoms with Crippen LogP contribution in [0.25, 0.3) is 0 Å². The van der Waals surface area contributed by atoms with Crippen molar-refractivity contribution in [3.05, 3.63) is 29.8 Å². The van der Waals surface area contributed by atoms with Crippen LogP contribution in [-0.2, 0) is 25.6 Å². The maximum absolute atomic E-state index is 13.2. The molecule has 11 nitrogen and oxygen atoms in total. The van der Waals surface area contributed by atoms with Gasteiger partial charge in [0.2, 0.25) is 17.7 Å². The number of carboxylic acid groups (broad SMARTS) is 1. The molecule has 1 rings (SSSR count). The van der Waals surface area contributed by atoms with Crippen LogP contribution in [-0.4, -0.2) is 70.4 Å². The zero-order valence-electron chi connectivity index (χ0n) is 20.8. The number of phenols is 1. The first-order chi connectivity index (χ1) is 17.0. The zero-order chi connectivity index (χ0) is 27.3. The Morgan fingerprint density at radius 3 is 2.00 bits per heavy atom. The van der Waals surface area contributed by atoms with Gasteiger partial charge in [-0.1, -0.05) is 26.0 Å². The van der Waals surface area contributed by atoms with E-state index < -0.39 is 47.9 Å². The van der Waals surface area contributed by atoms with Crippen LogP contribution in [0.4, 0.5) is 0 Å². The molecule has 0 saturated heterocycles. The number of nitrogens with one attached hydrogen (secondary N) is 3. The molecule has 1 aromatic rings. The summed E-state index contributed by atoms with van der Waals surface area (Å²) in [6.07, 6.45) is 1.94. The van der Waals surface area contributed by atoms with Crippen molar-refractivity contribution in [1.82, 2.24) is 16.0 Å².